The predicted octanol–water partition coefficient (Wildman–Crippen LogP) is 5.10. The minimum atomic E-state index is 0.0284. The lowest BCUT2D eigenvalue weighted by molar-refractivity contribution is -0.437. The van der Waals surface area contributed by atoms with Gasteiger partial charge in [0.25, 0.3) is 0 Å². The summed E-state index contributed by atoms with van der Waals surface area (Å²) in [6, 6.07) is 19.0. The first kappa shape index (κ1) is 15.5. The molecule has 1 heterocycles. The van der Waals surface area contributed by atoms with E-state index in [0.29, 0.717) is 0 Å². The lowest BCUT2D eigenvalue weighted by Gasteiger charge is -2.15. The van der Waals surface area contributed by atoms with Gasteiger partial charge >= 0.3 is 0 Å². The van der Waals surface area contributed by atoms with E-state index < -0.39 is 0 Å². The standard InChI is InChI=1S/C21H24N2/c1-4-16-23-19-13-9-8-12-18(19)21(2,3)20(23)14-15-22-17-10-6-5-7-11-17/h5-15H,4,16H2,1-3H3/p+1. The summed E-state index contributed by atoms with van der Waals surface area (Å²) >= 11 is 0. The van der Waals surface area contributed by atoms with E-state index in [1.54, 1.807) is 0 Å². The number of para-hydroxylation sites is 2. The molecule has 118 valence electrons. The molecular formula is C21H25N2+. The van der Waals surface area contributed by atoms with Crippen LogP contribution in [-0.2, 0) is 5.41 Å². The van der Waals surface area contributed by atoms with Crippen LogP contribution in [0.25, 0.3) is 0 Å². The lowest BCUT2D eigenvalue weighted by atomic mass is 9.81. The summed E-state index contributed by atoms with van der Waals surface area (Å²) in [4.78, 5) is 0. The molecule has 2 aromatic rings. The third-order valence-electron chi connectivity index (χ3n) is 4.51. The molecule has 0 saturated heterocycles. The molecule has 0 spiro atoms. The number of fused-ring (bicyclic) bond motifs is 1. The molecule has 1 aliphatic heterocycles. The van der Waals surface area contributed by atoms with Crippen molar-refractivity contribution in [2.75, 3.05) is 11.9 Å². The average molecular weight is 305 g/mol. The summed E-state index contributed by atoms with van der Waals surface area (Å²) in [5.41, 5.74) is 5.25. The Kier molecular flexibility index (Phi) is 4.33. The molecule has 2 aromatic carbocycles. The maximum atomic E-state index is 3.37. The maximum absolute atomic E-state index is 3.37. The fourth-order valence-electron chi connectivity index (χ4n) is 3.36. The molecule has 0 fully saturated rings. The van der Waals surface area contributed by atoms with E-state index in [-0.39, 0.29) is 5.41 Å². The Morgan fingerprint density at radius 2 is 1.70 bits per heavy atom. The van der Waals surface area contributed by atoms with Gasteiger partial charge in [0.05, 0.1) is 5.41 Å². The maximum Gasteiger partial charge on any atom is 0.209 e. The van der Waals surface area contributed by atoms with Crippen LogP contribution in [0.1, 0.15) is 32.8 Å². The van der Waals surface area contributed by atoms with Crippen molar-refractivity contribution in [3.05, 3.63) is 72.4 Å². The lowest BCUT2D eigenvalue weighted by Crippen LogP contribution is -2.28. The van der Waals surface area contributed by atoms with Gasteiger partial charge in [0.15, 0.2) is 5.71 Å². The summed E-state index contributed by atoms with van der Waals surface area (Å²) < 4.78 is 2.46. The van der Waals surface area contributed by atoms with E-state index in [1.165, 1.54) is 17.0 Å². The van der Waals surface area contributed by atoms with Gasteiger partial charge in [-0.05, 0) is 26.0 Å². The van der Waals surface area contributed by atoms with Gasteiger partial charge in [-0.3, -0.25) is 0 Å². The number of nitrogens with zero attached hydrogens (tertiary/aromatic N) is 1. The normalized spacial score (nSPS) is 16.0. The Balaban J connectivity index is 1.93. The van der Waals surface area contributed by atoms with E-state index in [2.05, 4.69) is 79.3 Å². The van der Waals surface area contributed by atoms with Crippen LogP contribution in [0.2, 0.25) is 0 Å². The largest absolute Gasteiger partial charge is 0.361 e. The van der Waals surface area contributed by atoms with Crippen LogP contribution in [0.3, 0.4) is 0 Å². The zero-order valence-corrected chi connectivity index (χ0v) is 14.2. The molecule has 2 nitrogen and oxygen atoms in total. The molecule has 0 saturated carbocycles. The summed E-state index contributed by atoms with van der Waals surface area (Å²) in [5, 5.41) is 3.37. The highest BCUT2D eigenvalue weighted by Gasteiger charge is 2.43. The Morgan fingerprint density at radius 3 is 2.43 bits per heavy atom. The Bertz CT molecular complexity index is 739. The van der Waals surface area contributed by atoms with Gasteiger partial charge in [-0.15, -0.1) is 0 Å². The minimum Gasteiger partial charge on any atom is -0.361 e. The number of hydrogen-bond donors (Lipinski definition) is 1. The van der Waals surface area contributed by atoms with Crippen molar-refractivity contribution in [3.8, 4) is 0 Å². The highest BCUT2D eigenvalue weighted by molar-refractivity contribution is 6.03. The number of rotatable bonds is 5. The van der Waals surface area contributed by atoms with Crippen molar-refractivity contribution >= 4 is 17.1 Å². The van der Waals surface area contributed by atoms with Crippen LogP contribution in [0.5, 0.6) is 0 Å². The molecule has 23 heavy (non-hydrogen) atoms. The second-order valence-electron chi connectivity index (χ2n) is 6.52. The summed E-state index contributed by atoms with van der Waals surface area (Å²) in [6.45, 7) is 7.90. The number of allylic oxidation sites excluding steroid dienone is 1. The number of anilines is 1. The Morgan fingerprint density at radius 1 is 1.00 bits per heavy atom. The second kappa shape index (κ2) is 6.41. The first-order chi connectivity index (χ1) is 11.1. The van der Waals surface area contributed by atoms with Crippen LogP contribution >= 0.6 is 0 Å². The van der Waals surface area contributed by atoms with Gasteiger partial charge in [-0.25, -0.2) is 0 Å². The molecule has 0 bridgehead atoms. The SMILES string of the molecule is CCC[N+]1=C(/C=C/Nc2ccccc2)C(C)(C)c2ccccc21. The van der Waals surface area contributed by atoms with E-state index in [1.807, 2.05) is 18.2 Å². The predicted molar refractivity (Wildman–Crippen MR) is 98.8 cm³/mol. The van der Waals surface area contributed by atoms with Crippen LogP contribution in [-0.4, -0.2) is 16.8 Å². The smallest absolute Gasteiger partial charge is 0.209 e. The third-order valence-corrected chi connectivity index (χ3v) is 4.51. The van der Waals surface area contributed by atoms with E-state index in [4.69, 9.17) is 0 Å². The minimum absolute atomic E-state index is 0.0284. The van der Waals surface area contributed by atoms with Gasteiger partial charge in [-0.1, -0.05) is 43.3 Å². The van der Waals surface area contributed by atoms with Gasteiger partial charge in [0.2, 0.25) is 5.69 Å². The highest BCUT2D eigenvalue weighted by Crippen LogP contribution is 2.39. The fourth-order valence-corrected chi connectivity index (χ4v) is 3.36. The van der Waals surface area contributed by atoms with Crippen molar-refractivity contribution in [1.82, 2.24) is 0 Å². The topological polar surface area (TPSA) is 15.0 Å². The van der Waals surface area contributed by atoms with Crippen molar-refractivity contribution < 1.29 is 4.58 Å². The number of hydrogen-bond acceptors (Lipinski definition) is 1. The summed E-state index contributed by atoms with van der Waals surface area (Å²) in [5.74, 6) is 0. The van der Waals surface area contributed by atoms with Gasteiger partial charge in [-0.2, -0.15) is 4.58 Å². The van der Waals surface area contributed by atoms with E-state index >= 15 is 0 Å². The molecule has 0 radical (unpaired) electrons. The van der Waals surface area contributed by atoms with Gasteiger partial charge < -0.3 is 5.32 Å². The molecule has 1 aliphatic rings. The van der Waals surface area contributed by atoms with Crippen molar-refractivity contribution in [3.63, 3.8) is 0 Å². The van der Waals surface area contributed by atoms with Gasteiger partial charge in [0.1, 0.15) is 6.54 Å². The van der Waals surface area contributed by atoms with Crippen molar-refractivity contribution in [2.24, 2.45) is 0 Å². The average Bonchev–Trinajstić information content (AvgIpc) is 2.78. The molecule has 2 heteroatoms. The first-order valence-electron chi connectivity index (χ1n) is 8.37. The van der Waals surface area contributed by atoms with Crippen molar-refractivity contribution in [2.45, 2.75) is 32.6 Å². The van der Waals surface area contributed by atoms with E-state index in [9.17, 15) is 0 Å². The molecule has 1 N–H and O–H groups in total. The first-order valence-corrected chi connectivity index (χ1v) is 8.37. The molecule has 0 unspecified atom stereocenters. The Labute approximate surface area is 139 Å². The van der Waals surface area contributed by atoms with Gasteiger partial charge in [0, 0.05) is 36.0 Å². The second-order valence-corrected chi connectivity index (χ2v) is 6.52. The fraction of sp³-hybridized carbons (Fsp3) is 0.286. The molecule has 3 rings (SSSR count). The molecule has 0 aliphatic carbocycles. The molecule has 0 amide bonds. The van der Waals surface area contributed by atoms with Crippen LogP contribution < -0.4 is 5.32 Å². The van der Waals surface area contributed by atoms with E-state index in [0.717, 1.165) is 18.7 Å². The summed E-state index contributed by atoms with van der Waals surface area (Å²) in [6.07, 6.45) is 5.41. The number of nitrogens with one attached hydrogen (secondary N) is 1. The Hall–Kier alpha value is -2.35. The summed E-state index contributed by atoms with van der Waals surface area (Å²) in [7, 11) is 0. The van der Waals surface area contributed by atoms with Crippen LogP contribution in [0.15, 0.2) is 66.9 Å². The third kappa shape index (κ3) is 2.94. The monoisotopic (exact) mass is 305 g/mol. The van der Waals surface area contributed by atoms with Crippen LogP contribution in [0.4, 0.5) is 11.4 Å². The zero-order valence-electron chi connectivity index (χ0n) is 14.2. The highest BCUT2D eigenvalue weighted by atomic mass is 15.1. The molecular weight excluding hydrogens is 280 g/mol. The molecule has 0 aromatic heterocycles. The van der Waals surface area contributed by atoms with Crippen molar-refractivity contribution in [1.29, 1.82) is 0 Å². The zero-order chi connectivity index (χ0) is 16.3. The molecule has 0 atom stereocenters. The number of benzene rings is 2. The quantitative estimate of drug-likeness (QED) is 0.760. The van der Waals surface area contributed by atoms with Crippen LogP contribution in [0, 0.1) is 0 Å².